The highest BCUT2D eigenvalue weighted by Crippen LogP contribution is 2.31. The molecule has 3 aromatic rings. The van der Waals surface area contributed by atoms with Crippen LogP contribution in [0.1, 0.15) is 11.1 Å². The summed E-state index contributed by atoms with van der Waals surface area (Å²) in [6, 6.07) is 16.6. The molecule has 1 aromatic heterocycles. The molecule has 0 fully saturated rings. The number of aromatic nitrogens is 2. The van der Waals surface area contributed by atoms with Gasteiger partial charge in [0, 0.05) is 25.5 Å². The van der Waals surface area contributed by atoms with E-state index in [1.165, 1.54) is 6.07 Å². The Hall–Kier alpha value is -3.09. The van der Waals surface area contributed by atoms with E-state index in [2.05, 4.69) is 15.3 Å². The van der Waals surface area contributed by atoms with E-state index in [-0.39, 0.29) is 11.6 Å². The third kappa shape index (κ3) is 4.50. The largest absolute Gasteiger partial charge is 0.416 e. The zero-order valence-corrected chi connectivity index (χ0v) is 14.0. The summed E-state index contributed by atoms with van der Waals surface area (Å²) in [7, 11) is 1.89. The van der Waals surface area contributed by atoms with Crippen molar-refractivity contribution in [1.29, 1.82) is 0 Å². The molecule has 0 saturated carbocycles. The lowest BCUT2D eigenvalue weighted by Gasteiger charge is -2.19. The van der Waals surface area contributed by atoms with Gasteiger partial charge in [0.2, 0.25) is 5.95 Å². The van der Waals surface area contributed by atoms with Gasteiger partial charge in [-0.2, -0.15) is 18.2 Å². The molecule has 0 unspecified atom stereocenters. The molecule has 3 rings (SSSR count). The van der Waals surface area contributed by atoms with Crippen LogP contribution in [0, 0.1) is 0 Å². The minimum Gasteiger partial charge on any atom is -0.355 e. The molecular formula is C19H17F3N4. The maximum Gasteiger partial charge on any atom is 0.416 e. The Morgan fingerprint density at radius 1 is 1.00 bits per heavy atom. The first-order chi connectivity index (χ1) is 12.4. The van der Waals surface area contributed by atoms with Gasteiger partial charge in [-0.15, -0.1) is 0 Å². The molecule has 0 bridgehead atoms. The van der Waals surface area contributed by atoms with Gasteiger partial charge in [-0.1, -0.05) is 36.4 Å². The normalized spacial score (nSPS) is 11.2. The summed E-state index contributed by atoms with van der Waals surface area (Å²) in [5, 5.41) is 2.83. The van der Waals surface area contributed by atoms with Crippen molar-refractivity contribution in [2.45, 2.75) is 12.7 Å². The van der Waals surface area contributed by atoms with Crippen LogP contribution in [0.15, 0.2) is 66.9 Å². The second kappa shape index (κ2) is 7.43. The fourth-order valence-corrected chi connectivity index (χ4v) is 2.46. The number of benzene rings is 2. The standard InChI is InChI=1S/C19H17F3N4/c1-26(13-14-6-3-2-4-7-14)17-10-11-23-18(25-17)24-16-9-5-8-15(12-16)19(20,21)22/h2-12H,13H2,1H3,(H,23,24,25). The summed E-state index contributed by atoms with van der Waals surface area (Å²) in [5.41, 5.74) is 0.684. The highest BCUT2D eigenvalue weighted by atomic mass is 19.4. The second-order valence-electron chi connectivity index (χ2n) is 5.78. The van der Waals surface area contributed by atoms with Gasteiger partial charge in [-0.3, -0.25) is 0 Å². The topological polar surface area (TPSA) is 41.1 Å². The predicted molar refractivity (Wildman–Crippen MR) is 95.3 cm³/mol. The molecule has 1 heterocycles. The van der Waals surface area contributed by atoms with Gasteiger partial charge in [-0.25, -0.2) is 4.98 Å². The highest BCUT2D eigenvalue weighted by molar-refractivity contribution is 5.56. The summed E-state index contributed by atoms with van der Waals surface area (Å²) in [5.74, 6) is 0.903. The molecule has 4 nitrogen and oxygen atoms in total. The lowest BCUT2D eigenvalue weighted by atomic mass is 10.2. The smallest absolute Gasteiger partial charge is 0.355 e. The molecule has 0 saturated heterocycles. The first-order valence-corrected chi connectivity index (χ1v) is 7.94. The second-order valence-corrected chi connectivity index (χ2v) is 5.78. The Balaban J connectivity index is 1.75. The number of hydrogen-bond donors (Lipinski definition) is 1. The van der Waals surface area contributed by atoms with Crippen molar-refractivity contribution < 1.29 is 13.2 Å². The minimum absolute atomic E-state index is 0.238. The molecule has 0 atom stereocenters. The molecule has 0 aliphatic carbocycles. The Morgan fingerprint density at radius 3 is 2.50 bits per heavy atom. The quantitative estimate of drug-likeness (QED) is 0.706. The third-order valence-electron chi connectivity index (χ3n) is 3.74. The molecule has 0 aliphatic heterocycles. The Bertz CT molecular complexity index is 866. The van der Waals surface area contributed by atoms with Crippen LogP contribution in [0.25, 0.3) is 0 Å². The van der Waals surface area contributed by atoms with Gasteiger partial charge in [0.15, 0.2) is 0 Å². The minimum atomic E-state index is -4.39. The van der Waals surface area contributed by atoms with Gasteiger partial charge in [-0.05, 0) is 29.8 Å². The number of nitrogens with one attached hydrogen (secondary N) is 1. The van der Waals surface area contributed by atoms with Crippen LogP contribution in [-0.4, -0.2) is 17.0 Å². The first-order valence-electron chi connectivity index (χ1n) is 7.94. The summed E-state index contributed by atoms with van der Waals surface area (Å²) >= 11 is 0. The molecule has 2 aromatic carbocycles. The van der Waals surface area contributed by atoms with Crippen molar-refractivity contribution in [2.24, 2.45) is 0 Å². The van der Waals surface area contributed by atoms with Gasteiger partial charge in [0.1, 0.15) is 5.82 Å². The molecule has 0 radical (unpaired) electrons. The SMILES string of the molecule is CN(Cc1ccccc1)c1ccnc(Nc2cccc(C(F)(F)F)c2)n1. The van der Waals surface area contributed by atoms with Crippen LogP contribution in [0.5, 0.6) is 0 Å². The molecule has 7 heteroatoms. The van der Waals surface area contributed by atoms with Gasteiger partial charge in [0.25, 0.3) is 0 Å². The lowest BCUT2D eigenvalue weighted by Crippen LogP contribution is -2.18. The number of hydrogen-bond acceptors (Lipinski definition) is 4. The zero-order valence-electron chi connectivity index (χ0n) is 14.0. The lowest BCUT2D eigenvalue weighted by molar-refractivity contribution is -0.137. The molecule has 0 aliphatic rings. The van der Waals surface area contributed by atoms with Crippen LogP contribution in [0.2, 0.25) is 0 Å². The molecule has 26 heavy (non-hydrogen) atoms. The van der Waals surface area contributed by atoms with Crippen LogP contribution < -0.4 is 10.2 Å². The number of anilines is 3. The summed E-state index contributed by atoms with van der Waals surface area (Å²) < 4.78 is 38.5. The third-order valence-corrected chi connectivity index (χ3v) is 3.74. The van der Waals surface area contributed by atoms with E-state index in [4.69, 9.17) is 0 Å². The zero-order chi connectivity index (χ0) is 18.6. The van der Waals surface area contributed by atoms with Crippen molar-refractivity contribution in [3.8, 4) is 0 Å². The molecule has 134 valence electrons. The fourth-order valence-electron chi connectivity index (χ4n) is 2.46. The van der Waals surface area contributed by atoms with E-state index in [9.17, 15) is 13.2 Å². The van der Waals surface area contributed by atoms with Crippen molar-refractivity contribution in [3.05, 3.63) is 78.0 Å². The van der Waals surface area contributed by atoms with Gasteiger partial charge < -0.3 is 10.2 Å². The molecular weight excluding hydrogens is 341 g/mol. The maximum atomic E-state index is 12.8. The van der Waals surface area contributed by atoms with Crippen molar-refractivity contribution >= 4 is 17.5 Å². The average molecular weight is 358 g/mol. The number of rotatable bonds is 5. The summed E-state index contributed by atoms with van der Waals surface area (Å²) in [6.07, 6.45) is -2.82. The Labute approximate surface area is 149 Å². The average Bonchev–Trinajstić information content (AvgIpc) is 2.62. The maximum absolute atomic E-state index is 12.8. The Morgan fingerprint density at radius 2 is 1.77 bits per heavy atom. The Kier molecular flexibility index (Phi) is 5.06. The van der Waals surface area contributed by atoms with Crippen molar-refractivity contribution in [1.82, 2.24) is 9.97 Å². The van der Waals surface area contributed by atoms with Gasteiger partial charge in [0.05, 0.1) is 5.56 Å². The first kappa shape index (κ1) is 17.7. The van der Waals surface area contributed by atoms with E-state index in [1.807, 2.05) is 42.3 Å². The predicted octanol–water partition coefficient (Wildman–Crippen LogP) is 4.88. The highest BCUT2D eigenvalue weighted by Gasteiger charge is 2.30. The van der Waals surface area contributed by atoms with E-state index in [0.717, 1.165) is 17.7 Å². The van der Waals surface area contributed by atoms with Crippen LogP contribution >= 0.6 is 0 Å². The number of nitrogens with zero attached hydrogens (tertiary/aromatic N) is 3. The van der Waals surface area contributed by atoms with Crippen molar-refractivity contribution in [3.63, 3.8) is 0 Å². The van der Waals surface area contributed by atoms with E-state index in [1.54, 1.807) is 18.3 Å². The van der Waals surface area contributed by atoms with Crippen LogP contribution in [0.3, 0.4) is 0 Å². The van der Waals surface area contributed by atoms with E-state index in [0.29, 0.717) is 12.4 Å². The molecule has 0 spiro atoms. The van der Waals surface area contributed by atoms with E-state index >= 15 is 0 Å². The van der Waals surface area contributed by atoms with Gasteiger partial charge >= 0.3 is 6.18 Å². The van der Waals surface area contributed by atoms with E-state index < -0.39 is 11.7 Å². The number of alkyl halides is 3. The molecule has 1 N–H and O–H groups in total. The summed E-state index contributed by atoms with van der Waals surface area (Å²) in [4.78, 5) is 10.4. The van der Waals surface area contributed by atoms with Crippen molar-refractivity contribution in [2.75, 3.05) is 17.3 Å². The fraction of sp³-hybridized carbons (Fsp3) is 0.158. The van der Waals surface area contributed by atoms with Crippen LogP contribution in [-0.2, 0) is 12.7 Å². The van der Waals surface area contributed by atoms with Crippen LogP contribution in [0.4, 0.5) is 30.6 Å². The summed E-state index contributed by atoms with van der Waals surface area (Å²) in [6.45, 7) is 0.654. The monoisotopic (exact) mass is 358 g/mol. The molecule has 0 amide bonds. The number of halogens is 3.